The van der Waals surface area contributed by atoms with Crippen LogP contribution in [0, 0.1) is 11.3 Å². The van der Waals surface area contributed by atoms with Crippen LogP contribution in [0.3, 0.4) is 0 Å². The first-order chi connectivity index (χ1) is 7.63. The van der Waals surface area contributed by atoms with Gasteiger partial charge in [0.15, 0.2) is 0 Å². The predicted molar refractivity (Wildman–Crippen MR) is 61.8 cm³/mol. The topological polar surface area (TPSA) is 65.4 Å². The van der Waals surface area contributed by atoms with Crippen LogP contribution >= 0.6 is 0 Å². The number of carbonyl (C=O) groups is 1. The molecule has 1 atom stereocenters. The molecule has 0 aromatic heterocycles. The van der Waals surface area contributed by atoms with Crippen LogP contribution in [0.25, 0.3) is 0 Å². The van der Waals surface area contributed by atoms with Crippen LogP contribution in [0.4, 0.5) is 0 Å². The van der Waals surface area contributed by atoms with Gasteiger partial charge in [-0.2, -0.15) is 5.26 Å². The highest BCUT2D eigenvalue weighted by atomic mass is 16.5. The maximum absolute atomic E-state index is 11.6. The highest BCUT2D eigenvalue weighted by Gasteiger charge is 2.11. The van der Waals surface area contributed by atoms with Crippen molar-refractivity contribution in [1.29, 1.82) is 5.26 Å². The van der Waals surface area contributed by atoms with Crippen LogP contribution in [0.15, 0.2) is 0 Å². The molecule has 5 nitrogen and oxygen atoms in total. The maximum Gasteiger partial charge on any atom is 0.234 e. The monoisotopic (exact) mass is 227 g/mol. The maximum atomic E-state index is 11.6. The number of carbonyl (C=O) groups excluding carboxylic acids is 1. The van der Waals surface area contributed by atoms with Crippen molar-refractivity contribution in [3.05, 3.63) is 0 Å². The van der Waals surface area contributed by atoms with E-state index in [9.17, 15) is 4.79 Å². The van der Waals surface area contributed by atoms with Crippen molar-refractivity contribution in [1.82, 2.24) is 10.2 Å². The van der Waals surface area contributed by atoms with E-state index in [1.54, 1.807) is 7.11 Å². The Hall–Kier alpha value is -1.12. The summed E-state index contributed by atoms with van der Waals surface area (Å²) in [6.07, 6.45) is 0.933. The van der Waals surface area contributed by atoms with Crippen LogP contribution < -0.4 is 5.32 Å². The van der Waals surface area contributed by atoms with Gasteiger partial charge in [0, 0.05) is 13.2 Å². The summed E-state index contributed by atoms with van der Waals surface area (Å²) in [5.41, 5.74) is 0. The number of hydrogen-bond acceptors (Lipinski definition) is 4. The summed E-state index contributed by atoms with van der Waals surface area (Å²) in [4.78, 5) is 13.4. The second-order valence-corrected chi connectivity index (χ2v) is 3.79. The Labute approximate surface area is 97.4 Å². The summed E-state index contributed by atoms with van der Waals surface area (Å²) < 4.78 is 4.92. The summed E-state index contributed by atoms with van der Waals surface area (Å²) in [7, 11) is 1.60. The van der Waals surface area contributed by atoms with Gasteiger partial charge in [0.2, 0.25) is 5.91 Å². The lowest BCUT2D eigenvalue weighted by molar-refractivity contribution is -0.123. The smallest absolute Gasteiger partial charge is 0.234 e. The van der Waals surface area contributed by atoms with Gasteiger partial charge in [0.05, 0.1) is 25.8 Å². The molecular weight excluding hydrogens is 206 g/mol. The summed E-state index contributed by atoms with van der Waals surface area (Å²) in [6.45, 7) is 5.73. The van der Waals surface area contributed by atoms with Crippen molar-refractivity contribution in [2.75, 3.05) is 33.4 Å². The van der Waals surface area contributed by atoms with Crippen molar-refractivity contribution in [2.45, 2.75) is 26.3 Å². The first kappa shape index (κ1) is 14.9. The van der Waals surface area contributed by atoms with Crippen molar-refractivity contribution in [3.63, 3.8) is 0 Å². The first-order valence-corrected chi connectivity index (χ1v) is 5.51. The minimum absolute atomic E-state index is 0.00284. The Morgan fingerprint density at radius 1 is 1.62 bits per heavy atom. The first-order valence-electron chi connectivity index (χ1n) is 5.51. The summed E-state index contributed by atoms with van der Waals surface area (Å²) in [5, 5.41) is 11.4. The Kier molecular flexibility index (Phi) is 8.49. The number of amides is 1. The molecule has 0 aromatic rings. The zero-order valence-electron chi connectivity index (χ0n) is 10.3. The second-order valence-electron chi connectivity index (χ2n) is 3.79. The van der Waals surface area contributed by atoms with Crippen LogP contribution in [-0.2, 0) is 9.53 Å². The zero-order valence-corrected chi connectivity index (χ0v) is 10.3. The molecule has 0 rings (SSSR count). The van der Waals surface area contributed by atoms with Gasteiger partial charge >= 0.3 is 0 Å². The largest absolute Gasteiger partial charge is 0.383 e. The molecule has 1 unspecified atom stereocenters. The van der Waals surface area contributed by atoms with E-state index in [4.69, 9.17) is 10.00 Å². The number of nitriles is 1. The molecule has 0 aliphatic carbocycles. The fraction of sp³-hybridized carbons (Fsp3) is 0.818. The lowest BCUT2D eigenvalue weighted by atomic mass is 10.3. The van der Waals surface area contributed by atoms with Crippen LogP contribution in [0.1, 0.15) is 20.3 Å². The molecule has 0 bridgehead atoms. The number of rotatable bonds is 8. The van der Waals surface area contributed by atoms with Gasteiger partial charge < -0.3 is 10.1 Å². The zero-order chi connectivity index (χ0) is 12.4. The Bertz CT molecular complexity index is 238. The van der Waals surface area contributed by atoms with Gasteiger partial charge in [-0.15, -0.1) is 0 Å². The number of nitrogens with one attached hydrogen (secondary N) is 1. The fourth-order valence-corrected chi connectivity index (χ4v) is 1.45. The minimum Gasteiger partial charge on any atom is -0.383 e. The Morgan fingerprint density at radius 3 is 2.81 bits per heavy atom. The van der Waals surface area contributed by atoms with E-state index in [0.717, 1.165) is 13.0 Å². The third-order valence-corrected chi connectivity index (χ3v) is 2.03. The van der Waals surface area contributed by atoms with E-state index in [1.165, 1.54) is 0 Å². The third kappa shape index (κ3) is 7.21. The normalized spacial score (nSPS) is 12.2. The van der Waals surface area contributed by atoms with Gasteiger partial charge in [-0.25, -0.2) is 0 Å². The molecular formula is C11H21N3O2. The van der Waals surface area contributed by atoms with Crippen molar-refractivity contribution >= 4 is 5.91 Å². The second kappa shape index (κ2) is 9.13. The van der Waals surface area contributed by atoms with E-state index in [1.807, 2.05) is 18.7 Å². The molecule has 92 valence electrons. The van der Waals surface area contributed by atoms with Gasteiger partial charge in [-0.1, -0.05) is 6.92 Å². The molecule has 0 fully saturated rings. The Balaban J connectivity index is 3.94. The van der Waals surface area contributed by atoms with E-state index >= 15 is 0 Å². The van der Waals surface area contributed by atoms with E-state index in [2.05, 4.69) is 11.4 Å². The lowest BCUT2D eigenvalue weighted by Crippen LogP contribution is -2.42. The van der Waals surface area contributed by atoms with Crippen molar-refractivity contribution < 1.29 is 9.53 Å². The molecule has 5 heteroatoms. The number of nitrogens with zero attached hydrogens (tertiary/aromatic N) is 2. The van der Waals surface area contributed by atoms with Gasteiger partial charge in [-0.05, 0) is 19.9 Å². The molecule has 0 aliphatic rings. The quantitative estimate of drug-likeness (QED) is 0.609. The molecule has 0 heterocycles. The van der Waals surface area contributed by atoms with Crippen LogP contribution in [0.2, 0.25) is 0 Å². The molecule has 0 radical (unpaired) electrons. The van der Waals surface area contributed by atoms with Gasteiger partial charge in [0.25, 0.3) is 0 Å². The molecule has 1 amide bonds. The molecule has 0 aliphatic heterocycles. The number of hydrogen-bond donors (Lipinski definition) is 1. The Morgan fingerprint density at radius 2 is 2.31 bits per heavy atom. The number of methoxy groups -OCH3 is 1. The van der Waals surface area contributed by atoms with Gasteiger partial charge in [0.1, 0.15) is 0 Å². The summed E-state index contributed by atoms with van der Waals surface area (Å²) in [6, 6.07) is 2.06. The summed E-state index contributed by atoms with van der Waals surface area (Å²) >= 11 is 0. The molecule has 0 saturated carbocycles. The fourth-order valence-electron chi connectivity index (χ4n) is 1.45. The average Bonchev–Trinajstić information content (AvgIpc) is 2.18. The van der Waals surface area contributed by atoms with E-state index < -0.39 is 0 Å². The van der Waals surface area contributed by atoms with Crippen LogP contribution in [0.5, 0.6) is 0 Å². The molecule has 16 heavy (non-hydrogen) atoms. The van der Waals surface area contributed by atoms with Gasteiger partial charge in [-0.3, -0.25) is 9.69 Å². The molecule has 0 saturated heterocycles. The standard InChI is InChI=1S/C11H21N3O2/c1-4-6-14(7-5-12)8-11(15)13-10(2)9-16-3/h10H,4,6-9H2,1-3H3,(H,13,15). The molecule has 0 spiro atoms. The lowest BCUT2D eigenvalue weighted by Gasteiger charge is -2.19. The van der Waals surface area contributed by atoms with Crippen LogP contribution in [-0.4, -0.2) is 50.2 Å². The van der Waals surface area contributed by atoms with E-state index in [-0.39, 0.29) is 18.5 Å². The predicted octanol–water partition coefficient (Wildman–Crippen LogP) is 0.373. The highest BCUT2D eigenvalue weighted by Crippen LogP contribution is 1.91. The number of ether oxygens (including phenoxy) is 1. The van der Waals surface area contributed by atoms with E-state index in [0.29, 0.717) is 13.2 Å². The highest BCUT2D eigenvalue weighted by molar-refractivity contribution is 5.78. The summed E-state index contributed by atoms with van der Waals surface area (Å²) in [5.74, 6) is -0.0618. The molecule has 0 aromatic carbocycles. The average molecular weight is 227 g/mol. The SMILES string of the molecule is CCCN(CC#N)CC(=O)NC(C)COC. The third-order valence-electron chi connectivity index (χ3n) is 2.03. The minimum atomic E-state index is -0.0618. The van der Waals surface area contributed by atoms with Crippen molar-refractivity contribution in [2.24, 2.45) is 0 Å². The molecule has 1 N–H and O–H groups in total. The van der Waals surface area contributed by atoms with Crippen molar-refractivity contribution in [3.8, 4) is 6.07 Å².